The predicted molar refractivity (Wildman–Crippen MR) is 81.5 cm³/mol. The van der Waals surface area contributed by atoms with E-state index in [1.54, 1.807) is 13.0 Å². The highest BCUT2D eigenvalue weighted by Gasteiger charge is 2.22. The smallest absolute Gasteiger partial charge is 0.273 e. The number of halogens is 2. The van der Waals surface area contributed by atoms with Gasteiger partial charge in [-0.3, -0.25) is 4.72 Å². The maximum atomic E-state index is 12.3. The molecule has 0 saturated carbocycles. The zero-order valence-electron chi connectivity index (χ0n) is 10.1. The third-order valence-electron chi connectivity index (χ3n) is 2.42. The summed E-state index contributed by atoms with van der Waals surface area (Å²) >= 11 is 9.99. The molecule has 0 aliphatic carbocycles. The Kier molecular flexibility index (Phi) is 4.20. The zero-order chi connectivity index (χ0) is 14.2. The van der Waals surface area contributed by atoms with Gasteiger partial charge in [-0.2, -0.15) is 0 Å². The van der Waals surface area contributed by atoms with E-state index < -0.39 is 10.0 Å². The van der Waals surface area contributed by atoms with Crippen LogP contribution in [0.25, 0.3) is 0 Å². The van der Waals surface area contributed by atoms with E-state index in [-0.39, 0.29) is 8.68 Å². The Hall–Kier alpha value is -0.630. The lowest BCUT2D eigenvalue weighted by atomic mass is 10.2. The van der Waals surface area contributed by atoms with E-state index in [2.05, 4.69) is 25.6 Å². The molecule has 102 valence electrons. The van der Waals surface area contributed by atoms with Gasteiger partial charge in [-0.25, -0.2) is 13.4 Å². The summed E-state index contributed by atoms with van der Waals surface area (Å²) in [5, 5.41) is 0. The number of nitrogens with one attached hydrogen (secondary N) is 1. The Morgan fingerprint density at radius 3 is 2.63 bits per heavy atom. The summed E-state index contributed by atoms with van der Waals surface area (Å²) in [6.45, 7) is 3.45. The zero-order valence-corrected chi connectivity index (χ0v) is 14.0. The van der Waals surface area contributed by atoms with E-state index in [4.69, 9.17) is 11.6 Å². The van der Waals surface area contributed by atoms with Gasteiger partial charge in [-0.05, 0) is 31.5 Å². The van der Waals surface area contributed by atoms with Crippen LogP contribution in [0.2, 0.25) is 4.47 Å². The molecule has 0 aliphatic heterocycles. The van der Waals surface area contributed by atoms with Crippen molar-refractivity contribution in [2.45, 2.75) is 18.1 Å². The first-order chi connectivity index (χ1) is 8.79. The van der Waals surface area contributed by atoms with Crippen LogP contribution in [0.3, 0.4) is 0 Å². The van der Waals surface area contributed by atoms with Gasteiger partial charge in [0.2, 0.25) is 0 Å². The Balaban J connectivity index is 2.42. The van der Waals surface area contributed by atoms with Crippen molar-refractivity contribution in [2.75, 3.05) is 4.72 Å². The van der Waals surface area contributed by atoms with Gasteiger partial charge in [0.05, 0.1) is 11.4 Å². The molecular weight excluding hydrogens is 372 g/mol. The van der Waals surface area contributed by atoms with Gasteiger partial charge in [0, 0.05) is 4.47 Å². The van der Waals surface area contributed by atoms with Gasteiger partial charge >= 0.3 is 0 Å². The fourth-order valence-corrected chi connectivity index (χ4v) is 4.72. The van der Waals surface area contributed by atoms with Crippen LogP contribution in [0.5, 0.6) is 0 Å². The largest absolute Gasteiger partial charge is 0.279 e. The monoisotopic (exact) mass is 380 g/mol. The van der Waals surface area contributed by atoms with Gasteiger partial charge < -0.3 is 0 Å². The average Bonchev–Trinajstić information content (AvgIpc) is 2.63. The van der Waals surface area contributed by atoms with E-state index in [0.29, 0.717) is 11.4 Å². The van der Waals surface area contributed by atoms with Crippen molar-refractivity contribution in [1.29, 1.82) is 0 Å². The summed E-state index contributed by atoms with van der Waals surface area (Å²) < 4.78 is 28.3. The minimum Gasteiger partial charge on any atom is -0.279 e. The first kappa shape index (κ1) is 14.8. The molecule has 0 atom stereocenters. The van der Waals surface area contributed by atoms with Gasteiger partial charge in [-0.15, -0.1) is 0 Å². The van der Waals surface area contributed by atoms with Gasteiger partial charge in [0.25, 0.3) is 10.0 Å². The molecular formula is C11H10BrClN2O2S2. The van der Waals surface area contributed by atoms with Crippen molar-refractivity contribution in [3.8, 4) is 0 Å². The van der Waals surface area contributed by atoms with Crippen LogP contribution in [0.15, 0.2) is 26.9 Å². The van der Waals surface area contributed by atoms with Crippen LogP contribution < -0.4 is 4.72 Å². The molecule has 0 fully saturated rings. The summed E-state index contributed by atoms with van der Waals surface area (Å²) in [5.74, 6) is 0. The number of anilines is 1. The molecule has 1 heterocycles. The van der Waals surface area contributed by atoms with Crippen molar-refractivity contribution in [1.82, 2.24) is 4.98 Å². The molecule has 1 N–H and O–H groups in total. The van der Waals surface area contributed by atoms with E-state index in [0.717, 1.165) is 21.4 Å². The highest BCUT2D eigenvalue weighted by molar-refractivity contribution is 9.10. The standard InChI is InChI=1S/C11H10BrClN2O2S2/c1-6-3-4-8(12)5-9(6)15-19(16,17)10-7(2)14-11(13)18-10/h3-5,15H,1-2H3. The fourth-order valence-electron chi connectivity index (χ4n) is 1.50. The molecule has 4 nitrogen and oxygen atoms in total. The van der Waals surface area contributed by atoms with E-state index >= 15 is 0 Å². The number of hydrogen-bond donors (Lipinski definition) is 1. The maximum Gasteiger partial charge on any atom is 0.273 e. The van der Waals surface area contributed by atoms with Crippen LogP contribution >= 0.6 is 38.9 Å². The topological polar surface area (TPSA) is 59.1 Å². The molecule has 0 aliphatic rings. The highest BCUT2D eigenvalue weighted by atomic mass is 79.9. The molecule has 0 bridgehead atoms. The minimum absolute atomic E-state index is 0.136. The second kappa shape index (κ2) is 5.40. The Morgan fingerprint density at radius 2 is 2.05 bits per heavy atom. The van der Waals surface area contributed by atoms with Crippen molar-refractivity contribution in [3.05, 3.63) is 38.4 Å². The van der Waals surface area contributed by atoms with Crippen LogP contribution in [-0.2, 0) is 10.0 Å². The maximum absolute atomic E-state index is 12.3. The van der Waals surface area contributed by atoms with Crippen LogP contribution in [-0.4, -0.2) is 13.4 Å². The summed E-state index contributed by atoms with van der Waals surface area (Å²) in [4.78, 5) is 3.91. The van der Waals surface area contributed by atoms with Crippen LogP contribution in [0.1, 0.15) is 11.3 Å². The number of benzene rings is 1. The van der Waals surface area contributed by atoms with E-state index in [1.165, 1.54) is 0 Å². The molecule has 1 aromatic heterocycles. The van der Waals surface area contributed by atoms with Crippen molar-refractivity contribution < 1.29 is 8.42 Å². The molecule has 19 heavy (non-hydrogen) atoms. The number of aryl methyl sites for hydroxylation is 2. The summed E-state index contributed by atoms with van der Waals surface area (Å²) in [7, 11) is -3.66. The second-order valence-corrected chi connectivity index (χ2v) is 8.28. The second-order valence-electron chi connectivity index (χ2n) is 3.90. The average molecular weight is 382 g/mol. The SMILES string of the molecule is Cc1ccc(Br)cc1NS(=O)(=O)c1sc(Cl)nc1C. The number of hydrogen-bond acceptors (Lipinski definition) is 4. The van der Waals surface area contributed by atoms with E-state index in [9.17, 15) is 8.42 Å². The Bertz CT molecular complexity index is 728. The molecule has 0 spiro atoms. The number of sulfonamides is 1. The normalized spacial score (nSPS) is 11.6. The molecule has 0 unspecified atom stereocenters. The lowest BCUT2D eigenvalue weighted by molar-refractivity contribution is 0.602. The molecule has 1 aromatic carbocycles. The predicted octanol–water partition coefficient (Wildman–Crippen LogP) is 3.98. The lowest BCUT2D eigenvalue weighted by Crippen LogP contribution is -2.13. The van der Waals surface area contributed by atoms with Crippen molar-refractivity contribution >= 4 is 54.6 Å². The summed E-state index contributed by atoms with van der Waals surface area (Å²) in [6.07, 6.45) is 0. The molecule has 8 heteroatoms. The third kappa shape index (κ3) is 3.28. The lowest BCUT2D eigenvalue weighted by Gasteiger charge is -2.10. The molecule has 0 radical (unpaired) electrons. The van der Waals surface area contributed by atoms with Gasteiger partial charge in [-0.1, -0.05) is 44.9 Å². The minimum atomic E-state index is -3.66. The van der Waals surface area contributed by atoms with Gasteiger partial charge in [0.1, 0.15) is 0 Å². The Labute approximate surface area is 129 Å². The third-order valence-corrected chi connectivity index (χ3v) is 6.15. The van der Waals surface area contributed by atoms with Crippen LogP contribution in [0.4, 0.5) is 5.69 Å². The first-order valence-electron chi connectivity index (χ1n) is 5.21. The quantitative estimate of drug-likeness (QED) is 0.875. The Morgan fingerprint density at radius 1 is 1.37 bits per heavy atom. The molecule has 2 aromatic rings. The van der Waals surface area contributed by atoms with E-state index in [1.807, 2.05) is 19.1 Å². The van der Waals surface area contributed by atoms with Crippen molar-refractivity contribution in [2.24, 2.45) is 0 Å². The number of nitrogens with zero attached hydrogens (tertiary/aromatic N) is 1. The summed E-state index contributed by atoms with van der Waals surface area (Å²) in [5.41, 5.74) is 1.76. The molecule has 0 amide bonds. The van der Waals surface area contributed by atoms with Gasteiger partial charge in [0.15, 0.2) is 8.68 Å². The molecule has 2 rings (SSSR count). The number of aromatic nitrogens is 1. The summed E-state index contributed by atoms with van der Waals surface area (Å²) in [6, 6.07) is 5.39. The first-order valence-corrected chi connectivity index (χ1v) is 8.68. The van der Waals surface area contributed by atoms with Crippen LogP contribution in [0, 0.1) is 13.8 Å². The fraction of sp³-hybridized carbons (Fsp3) is 0.182. The number of rotatable bonds is 3. The number of thiazole rings is 1. The molecule has 0 saturated heterocycles. The van der Waals surface area contributed by atoms with Crippen molar-refractivity contribution in [3.63, 3.8) is 0 Å². The highest BCUT2D eigenvalue weighted by Crippen LogP contribution is 2.30.